The van der Waals surface area contributed by atoms with Crippen LogP contribution in [-0.4, -0.2) is 50.4 Å². The minimum absolute atomic E-state index is 0. The van der Waals surface area contributed by atoms with Crippen LogP contribution in [0, 0.1) is 5.92 Å². The molecule has 0 saturated carbocycles. The van der Waals surface area contributed by atoms with Gasteiger partial charge in [0.2, 0.25) is 10.0 Å². The predicted octanol–water partition coefficient (Wildman–Crippen LogP) is 4.57. The zero-order valence-corrected chi connectivity index (χ0v) is 24.7. The van der Waals surface area contributed by atoms with E-state index in [2.05, 4.69) is 22.4 Å². The largest absolute Gasteiger partial charge is 0.492 e. The van der Waals surface area contributed by atoms with Crippen molar-refractivity contribution in [2.45, 2.75) is 32.8 Å². The van der Waals surface area contributed by atoms with Crippen molar-refractivity contribution in [3.8, 4) is 16.9 Å². The molecular weight excluding hydrogens is 561 g/mol. The quantitative estimate of drug-likeness (QED) is 0.247. The van der Waals surface area contributed by atoms with Crippen LogP contribution in [0.1, 0.15) is 47.9 Å². The molecule has 3 aromatic rings. The summed E-state index contributed by atoms with van der Waals surface area (Å²) < 4.78 is 30.9. The maximum atomic E-state index is 12.5. The van der Waals surface area contributed by atoms with E-state index >= 15 is 0 Å². The number of aromatic nitrogens is 1. The van der Waals surface area contributed by atoms with Gasteiger partial charge in [0.1, 0.15) is 5.75 Å². The molecule has 0 spiro atoms. The van der Waals surface area contributed by atoms with Crippen LogP contribution in [0.4, 0.5) is 0 Å². The lowest BCUT2D eigenvalue weighted by atomic mass is 10.00. The van der Waals surface area contributed by atoms with Crippen LogP contribution in [0.5, 0.6) is 5.75 Å². The Morgan fingerprint density at radius 2 is 1.74 bits per heavy atom. The topological polar surface area (TPSA) is 118 Å². The molecule has 8 nitrogen and oxygen atoms in total. The number of rotatable bonds is 13. The van der Waals surface area contributed by atoms with Gasteiger partial charge in [-0.25, -0.2) is 13.1 Å². The van der Waals surface area contributed by atoms with Crippen LogP contribution in [-0.2, 0) is 16.4 Å². The van der Waals surface area contributed by atoms with E-state index in [1.54, 1.807) is 30.6 Å². The third-order valence-electron chi connectivity index (χ3n) is 5.59. The standard InChI is InChI=1S/C28H35N3O5S.2ClH/c1-20(2)19-36-27-16-23(12-13-25(27)28(33)31-37(3,34)35)22-10-8-21(9-11-22)6-4-14-30-18-26(32)24-7-5-15-29-17-24;;/h5,7-13,15-17,20,26,30,32H,4,6,14,18-19H2,1-3H3,(H,31,33);2*1H/t26-;;/m0../s1. The Morgan fingerprint density at radius 1 is 1.05 bits per heavy atom. The zero-order chi connectivity index (χ0) is 26.8. The predicted molar refractivity (Wildman–Crippen MR) is 159 cm³/mol. The number of nitrogens with zero attached hydrogens (tertiary/aromatic N) is 1. The Hall–Kier alpha value is -2.69. The Morgan fingerprint density at radius 3 is 2.36 bits per heavy atom. The van der Waals surface area contributed by atoms with E-state index in [1.807, 2.05) is 42.8 Å². The van der Waals surface area contributed by atoms with Crippen LogP contribution in [0.2, 0.25) is 0 Å². The number of carbonyl (C=O) groups excluding carboxylic acids is 1. The fourth-order valence-electron chi connectivity index (χ4n) is 3.70. The SMILES string of the molecule is CC(C)COc1cc(-c2ccc(CCCNC[C@H](O)c3cccnc3)cc2)ccc1C(=O)NS(C)(=O)=O.Cl.Cl. The van der Waals surface area contributed by atoms with Gasteiger partial charge >= 0.3 is 0 Å². The van der Waals surface area contributed by atoms with Crippen molar-refractivity contribution in [3.05, 3.63) is 83.7 Å². The van der Waals surface area contributed by atoms with E-state index in [9.17, 15) is 18.3 Å². The number of halogens is 2. The van der Waals surface area contributed by atoms with Crippen molar-refractivity contribution in [2.24, 2.45) is 5.92 Å². The smallest absolute Gasteiger partial charge is 0.268 e. The summed E-state index contributed by atoms with van der Waals surface area (Å²) in [5.74, 6) is -0.137. The summed E-state index contributed by atoms with van der Waals surface area (Å²) in [6.07, 6.45) is 5.54. The number of hydrogen-bond donors (Lipinski definition) is 3. The molecule has 0 aliphatic heterocycles. The van der Waals surface area contributed by atoms with E-state index in [1.165, 1.54) is 5.56 Å². The molecule has 1 aromatic heterocycles. The monoisotopic (exact) mass is 597 g/mol. The molecule has 0 bridgehead atoms. The highest BCUT2D eigenvalue weighted by molar-refractivity contribution is 7.89. The maximum Gasteiger partial charge on any atom is 0.268 e. The lowest BCUT2D eigenvalue weighted by Gasteiger charge is -2.15. The second-order valence-electron chi connectivity index (χ2n) is 9.43. The molecule has 11 heteroatoms. The van der Waals surface area contributed by atoms with E-state index in [0.717, 1.165) is 42.3 Å². The molecule has 0 fully saturated rings. The molecular formula is C28H37Cl2N3O5S. The van der Waals surface area contributed by atoms with Gasteiger partial charge in [0, 0.05) is 24.5 Å². The van der Waals surface area contributed by atoms with Gasteiger partial charge in [-0.15, -0.1) is 24.8 Å². The summed E-state index contributed by atoms with van der Waals surface area (Å²) in [5, 5.41) is 13.5. The number of benzene rings is 2. The van der Waals surface area contributed by atoms with Gasteiger partial charge in [0.25, 0.3) is 5.91 Å². The number of carbonyl (C=O) groups is 1. The highest BCUT2D eigenvalue weighted by Gasteiger charge is 2.18. The highest BCUT2D eigenvalue weighted by Crippen LogP contribution is 2.28. The molecule has 0 unspecified atom stereocenters. The van der Waals surface area contributed by atoms with Crippen LogP contribution in [0.3, 0.4) is 0 Å². The minimum Gasteiger partial charge on any atom is -0.492 e. The number of nitrogens with one attached hydrogen (secondary N) is 2. The first-order valence-electron chi connectivity index (χ1n) is 12.3. The Balaban J connectivity index is 0.00000380. The van der Waals surface area contributed by atoms with Crippen molar-refractivity contribution < 1.29 is 23.1 Å². The molecule has 214 valence electrons. The van der Waals surface area contributed by atoms with Crippen molar-refractivity contribution >= 4 is 40.7 Å². The Labute approximate surface area is 243 Å². The minimum atomic E-state index is -3.69. The normalized spacial score (nSPS) is 11.7. The number of aryl methyl sites for hydroxylation is 1. The summed E-state index contributed by atoms with van der Waals surface area (Å²) in [7, 11) is -3.69. The number of hydrogen-bond acceptors (Lipinski definition) is 7. The van der Waals surface area contributed by atoms with Crippen LogP contribution >= 0.6 is 24.8 Å². The first-order chi connectivity index (χ1) is 17.6. The molecule has 1 atom stereocenters. The van der Waals surface area contributed by atoms with Gasteiger partial charge in [-0.05, 0) is 60.2 Å². The summed E-state index contributed by atoms with van der Waals surface area (Å²) in [6.45, 7) is 5.65. The number of amides is 1. The van der Waals surface area contributed by atoms with Gasteiger partial charge < -0.3 is 15.2 Å². The van der Waals surface area contributed by atoms with Crippen LogP contribution in [0.15, 0.2) is 67.0 Å². The Kier molecular flexibility index (Phi) is 14.5. The maximum absolute atomic E-state index is 12.5. The van der Waals surface area contributed by atoms with Crippen LogP contribution < -0.4 is 14.8 Å². The van der Waals surface area contributed by atoms with Crippen molar-refractivity contribution in [1.82, 2.24) is 15.0 Å². The third-order valence-corrected chi connectivity index (χ3v) is 6.15. The molecule has 1 amide bonds. The van der Waals surface area contributed by atoms with Gasteiger partial charge in [0.15, 0.2) is 0 Å². The highest BCUT2D eigenvalue weighted by atomic mass is 35.5. The number of aliphatic hydroxyl groups excluding tert-OH is 1. The molecule has 0 aliphatic rings. The number of pyridine rings is 1. The number of aliphatic hydroxyl groups is 1. The van der Waals surface area contributed by atoms with Crippen molar-refractivity contribution in [1.29, 1.82) is 0 Å². The lowest BCUT2D eigenvalue weighted by molar-refractivity contribution is 0.0977. The van der Waals surface area contributed by atoms with Crippen molar-refractivity contribution in [3.63, 3.8) is 0 Å². The molecule has 3 rings (SSSR count). The average Bonchev–Trinajstić information content (AvgIpc) is 2.87. The Bertz CT molecular complexity index is 1270. The van der Waals surface area contributed by atoms with Gasteiger partial charge in [0.05, 0.1) is 24.5 Å². The summed E-state index contributed by atoms with van der Waals surface area (Å²) in [4.78, 5) is 16.5. The molecule has 0 radical (unpaired) electrons. The molecule has 2 aromatic carbocycles. The second-order valence-corrected chi connectivity index (χ2v) is 11.2. The fraction of sp³-hybridized carbons (Fsp3) is 0.357. The zero-order valence-electron chi connectivity index (χ0n) is 22.3. The van der Waals surface area contributed by atoms with E-state index in [4.69, 9.17) is 4.74 Å². The van der Waals surface area contributed by atoms with Gasteiger partial charge in [-0.1, -0.05) is 50.2 Å². The number of ether oxygens (including phenoxy) is 1. The van der Waals surface area contributed by atoms with Crippen LogP contribution in [0.25, 0.3) is 11.1 Å². The molecule has 3 N–H and O–H groups in total. The fourth-order valence-corrected chi connectivity index (χ4v) is 4.15. The van der Waals surface area contributed by atoms with Gasteiger partial charge in [-0.3, -0.25) is 9.78 Å². The average molecular weight is 599 g/mol. The second kappa shape index (κ2) is 16.4. The van der Waals surface area contributed by atoms with E-state index in [0.29, 0.717) is 18.9 Å². The van der Waals surface area contributed by atoms with Crippen molar-refractivity contribution in [2.75, 3.05) is 26.0 Å². The lowest BCUT2D eigenvalue weighted by Crippen LogP contribution is -2.29. The molecule has 39 heavy (non-hydrogen) atoms. The summed E-state index contributed by atoms with van der Waals surface area (Å²) in [6, 6.07) is 17.0. The third kappa shape index (κ3) is 11.5. The van der Waals surface area contributed by atoms with E-state index in [-0.39, 0.29) is 36.3 Å². The molecule has 1 heterocycles. The van der Waals surface area contributed by atoms with E-state index < -0.39 is 22.0 Å². The molecule has 0 saturated heterocycles. The van der Waals surface area contributed by atoms with Gasteiger partial charge in [-0.2, -0.15) is 0 Å². The first-order valence-corrected chi connectivity index (χ1v) is 14.2. The molecule has 0 aliphatic carbocycles. The summed E-state index contributed by atoms with van der Waals surface area (Å²) >= 11 is 0. The number of sulfonamides is 1. The first kappa shape index (κ1) is 34.3. The summed E-state index contributed by atoms with van der Waals surface area (Å²) in [5.41, 5.74) is 4.00.